The number of hydrogen-bond acceptors (Lipinski definition) is 2. The van der Waals surface area contributed by atoms with Crippen molar-refractivity contribution in [3.05, 3.63) is 94.8 Å². The van der Waals surface area contributed by atoms with Crippen molar-refractivity contribution in [2.45, 2.75) is 38.2 Å². The highest BCUT2D eigenvalue weighted by atomic mass is 19.2. The maximum absolute atomic E-state index is 15.0. The topological polar surface area (TPSA) is 29.5 Å². The fourth-order valence-corrected chi connectivity index (χ4v) is 4.52. The van der Waals surface area contributed by atoms with E-state index in [0.717, 1.165) is 31.2 Å². The molecule has 33 heavy (non-hydrogen) atoms. The van der Waals surface area contributed by atoms with Crippen molar-refractivity contribution in [2.75, 3.05) is 7.11 Å². The van der Waals surface area contributed by atoms with Crippen LogP contribution in [0.4, 0.5) is 13.2 Å². The van der Waals surface area contributed by atoms with Gasteiger partial charge in [-0.05, 0) is 66.3 Å². The maximum atomic E-state index is 15.0. The molecule has 0 radical (unpaired) electrons. The number of aliphatic hydroxyl groups is 1. The zero-order chi connectivity index (χ0) is 23.4. The smallest absolute Gasteiger partial charge is 0.166 e. The van der Waals surface area contributed by atoms with Gasteiger partial charge in [0.1, 0.15) is 11.6 Å². The fourth-order valence-electron chi connectivity index (χ4n) is 4.52. The summed E-state index contributed by atoms with van der Waals surface area (Å²) in [5.41, 5.74) is 2.45. The summed E-state index contributed by atoms with van der Waals surface area (Å²) in [5, 5.41) is 9.16. The third-order valence-electron chi connectivity index (χ3n) is 6.53. The Morgan fingerprint density at radius 2 is 1.64 bits per heavy atom. The molecule has 1 N–H and O–H groups in total. The number of aliphatic hydroxyl groups excluding tert-OH is 1. The molecule has 1 aliphatic rings. The van der Waals surface area contributed by atoms with Crippen LogP contribution in [-0.2, 0) is 6.61 Å². The number of benzene rings is 3. The van der Waals surface area contributed by atoms with Crippen LogP contribution in [0.1, 0.15) is 48.3 Å². The number of halogens is 3. The van der Waals surface area contributed by atoms with E-state index in [1.54, 1.807) is 54.6 Å². The monoisotopic (exact) mass is 452 g/mol. The van der Waals surface area contributed by atoms with Gasteiger partial charge >= 0.3 is 0 Å². The minimum Gasteiger partial charge on any atom is -0.497 e. The molecule has 0 atom stereocenters. The lowest BCUT2D eigenvalue weighted by atomic mass is 9.78. The van der Waals surface area contributed by atoms with Crippen molar-refractivity contribution in [3.63, 3.8) is 0 Å². The molecule has 1 aliphatic carbocycles. The average Bonchev–Trinajstić information content (AvgIpc) is 2.85. The summed E-state index contributed by atoms with van der Waals surface area (Å²) in [6.45, 7) is -0.0943. The highest BCUT2D eigenvalue weighted by molar-refractivity contribution is 5.65. The largest absolute Gasteiger partial charge is 0.497 e. The number of hydrogen-bond donors (Lipinski definition) is 1. The molecule has 0 heterocycles. The second kappa shape index (κ2) is 10.3. The predicted molar refractivity (Wildman–Crippen MR) is 124 cm³/mol. The van der Waals surface area contributed by atoms with Crippen LogP contribution >= 0.6 is 0 Å². The molecular weight excluding hydrogens is 425 g/mol. The van der Waals surface area contributed by atoms with Crippen LogP contribution in [0.5, 0.6) is 5.75 Å². The molecule has 3 aromatic rings. The van der Waals surface area contributed by atoms with Crippen molar-refractivity contribution in [2.24, 2.45) is 5.92 Å². The first-order chi connectivity index (χ1) is 16.0. The number of ether oxygens (including phenoxy) is 1. The average molecular weight is 453 g/mol. The van der Waals surface area contributed by atoms with Gasteiger partial charge in [-0.1, -0.05) is 48.6 Å². The van der Waals surface area contributed by atoms with Crippen LogP contribution in [-0.4, -0.2) is 12.2 Å². The predicted octanol–water partition coefficient (Wildman–Crippen LogP) is 7.26. The Kier molecular flexibility index (Phi) is 7.19. The van der Waals surface area contributed by atoms with E-state index in [4.69, 9.17) is 9.84 Å². The Hall–Kier alpha value is -3.05. The van der Waals surface area contributed by atoms with E-state index in [9.17, 15) is 13.2 Å². The Bertz CT molecular complexity index is 1130. The zero-order valence-electron chi connectivity index (χ0n) is 18.5. The van der Waals surface area contributed by atoms with E-state index in [1.807, 2.05) is 6.08 Å². The van der Waals surface area contributed by atoms with Crippen LogP contribution < -0.4 is 4.74 Å². The summed E-state index contributed by atoms with van der Waals surface area (Å²) in [4.78, 5) is 0. The van der Waals surface area contributed by atoms with Gasteiger partial charge in [0.05, 0.1) is 13.7 Å². The quantitative estimate of drug-likeness (QED) is 0.427. The lowest BCUT2D eigenvalue weighted by Gasteiger charge is -2.27. The van der Waals surface area contributed by atoms with Crippen molar-refractivity contribution < 1.29 is 23.0 Å². The molecule has 0 aromatic heterocycles. The first kappa shape index (κ1) is 23.1. The fraction of sp³-hybridized carbons (Fsp3) is 0.286. The Morgan fingerprint density at radius 3 is 2.27 bits per heavy atom. The third kappa shape index (κ3) is 5.14. The second-order valence-electron chi connectivity index (χ2n) is 8.54. The molecule has 1 saturated carbocycles. The van der Waals surface area contributed by atoms with Gasteiger partial charge in [-0.15, -0.1) is 0 Å². The third-order valence-corrected chi connectivity index (χ3v) is 6.53. The molecule has 0 aliphatic heterocycles. The standard InChI is InChI=1S/C28H27F3O2/c1-33-23-13-12-22(26(29)16-23)11-4-18-2-7-20(8-3-18)24-14-15-25(28(31)27(24)30)21-9-5-19(17-32)6-10-21/h4-6,9-16,18,20,32H,2-3,7-8,17H2,1H3/b11-4+. The van der Waals surface area contributed by atoms with Gasteiger partial charge in [-0.3, -0.25) is 0 Å². The van der Waals surface area contributed by atoms with Crippen molar-refractivity contribution in [1.82, 2.24) is 0 Å². The molecule has 4 rings (SSSR count). The molecule has 2 nitrogen and oxygen atoms in total. The lowest BCUT2D eigenvalue weighted by Crippen LogP contribution is -2.13. The molecule has 0 spiro atoms. The van der Waals surface area contributed by atoms with Crippen molar-refractivity contribution in [3.8, 4) is 16.9 Å². The van der Waals surface area contributed by atoms with Gasteiger partial charge in [0, 0.05) is 17.2 Å². The van der Waals surface area contributed by atoms with E-state index in [2.05, 4.69) is 0 Å². The Morgan fingerprint density at radius 1 is 0.909 bits per heavy atom. The number of methoxy groups -OCH3 is 1. The van der Waals surface area contributed by atoms with Gasteiger partial charge in [-0.2, -0.15) is 0 Å². The lowest BCUT2D eigenvalue weighted by molar-refractivity contribution is 0.282. The molecule has 3 aromatic carbocycles. The molecule has 5 heteroatoms. The molecule has 0 bridgehead atoms. The minimum absolute atomic E-state index is 0.0345. The van der Waals surface area contributed by atoms with Gasteiger partial charge in [-0.25, -0.2) is 13.2 Å². The van der Waals surface area contributed by atoms with Crippen LogP contribution in [0.2, 0.25) is 0 Å². The maximum Gasteiger partial charge on any atom is 0.166 e. The Balaban J connectivity index is 1.42. The van der Waals surface area contributed by atoms with Crippen molar-refractivity contribution >= 4 is 6.08 Å². The van der Waals surface area contributed by atoms with E-state index in [1.165, 1.54) is 13.2 Å². The summed E-state index contributed by atoms with van der Waals surface area (Å²) in [6, 6.07) is 14.9. The van der Waals surface area contributed by atoms with E-state index in [0.29, 0.717) is 22.4 Å². The van der Waals surface area contributed by atoms with Crippen LogP contribution in [0.25, 0.3) is 17.2 Å². The molecule has 172 valence electrons. The number of allylic oxidation sites excluding steroid dienone is 1. The number of rotatable bonds is 6. The molecule has 1 fully saturated rings. The van der Waals surface area contributed by atoms with Gasteiger partial charge in [0.15, 0.2) is 11.6 Å². The normalized spacial score (nSPS) is 18.6. The summed E-state index contributed by atoms with van der Waals surface area (Å²) in [5.74, 6) is -1.22. The molecule has 0 saturated heterocycles. The van der Waals surface area contributed by atoms with E-state index >= 15 is 0 Å². The van der Waals surface area contributed by atoms with Gasteiger partial charge < -0.3 is 9.84 Å². The summed E-state index contributed by atoms with van der Waals surface area (Å²) in [7, 11) is 1.50. The highest BCUT2D eigenvalue weighted by Gasteiger charge is 2.25. The van der Waals surface area contributed by atoms with Gasteiger partial charge in [0.2, 0.25) is 0 Å². The van der Waals surface area contributed by atoms with Crippen LogP contribution in [0.15, 0.2) is 60.7 Å². The van der Waals surface area contributed by atoms with Crippen LogP contribution in [0.3, 0.4) is 0 Å². The second-order valence-corrected chi connectivity index (χ2v) is 8.54. The van der Waals surface area contributed by atoms with E-state index < -0.39 is 11.6 Å². The highest BCUT2D eigenvalue weighted by Crippen LogP contribution is 2.39. The summed E-state index contributed by atoms with van der Waals surface area (Å²) >= 11 is 0. The molecule has 0 amide bonds. The first-order valence-electron chi connectivity index (χ1n) is 11.2. The van der Waals surface area contributed by atoms with Crippen molar-refractivity contribution in [1.29, 1.82) is 0 Å². The SMILES string of the molecule is COc1ccc(/C=C/C2CCC(c3ccc(-c4ccc(CO)cc4)c(F)c3F)CC2)c(F)c1. The summed E-state index contributed by atoms with van der Waals surface area (Å²) < 4.78 is 49.0. The zero-order valence-corrected chi connectivity index (χ0v) is 18.5. The summed E-state index contributed by atoms with van der Waals surface area (Å²) in [6.07, 6.45) is 6.98. The first-order valence-corrected chi connectivity index (χ1v) is 11.2. The molecular formula is C28H27F3O2. The Labute approximate surface area is 192 Å². The minimum atomic E-state index is -0.832. The van der Waals surface area contributed by atoms with Crippen LogP contribution in [0, 0.1) is 23.4 Å². The van der Waals surface area contributed by atoms with Gasteiger partial charge in [0.25, 0.3) is 0 Å². The van der Waals surface area contributed by atoms with E-state index in [-0.39, 0.29) is 29.8 Å². The molecule has 0 unspecified atom stereocenters.